The summed E-state index contributed by atoms with van der Waals surface area (Å²) >= 11 is 0. The number of rotatable bonds is 8. The van der Waals surface area contributed by atoms with E-state index >= 15 is 0 Å². The van der Waals surface area contributed by atoms with Crippen molar-refractivity contribution in [2.24, 2.45) is 0 Å². The van der Waals surface area contributed by atoms with E-state index in [1.54, 1.807) is 13.4 Å². The SMILES string of the molecule is COc1ccc2c(c1)C(Nc1ccc3c(NCCCS(C)=O)cccc3n1)CC2. The molecule has 0 fully saturated rings. The van der Waals surface area contributed by atoms with Gasteiger partial charge in [-0.3, -0.25) is 4.21 Å². The van der Waals surface area contributed by atoms with Crippen molar-refractivity contribution in [2.45, 2.75) is 25.3 Å². The number of aromatic nitrogens is 1. The fourth-order valence-electron chi connectivity index (χ4n) is 3.92. The molecule has 29 heavy (non-hydrogen) atoms. The largest absolute Gasteiger partial charge is 0.497 e. The van der Waals surface area contributed by atoms with E-state index in [0.29, 0.717) is 0 Å². The number of ether oxygens (including phenoxy) is 1. The Morgan fingerprint density at radius 3 is 2.93 bits per heavy atom. The lowest BCUT2D eigenvalue weighted by Crippen LogP contribution is -2.09. The maximum atomic E-state index is 11.2. The number of benzene rings is 2. The van der Waals surface area contributed by atoms with Crippen LogP contribution in [0.5, 0.6) is 5.75 Å². The molecule has 1 aliphatic carbocycles. The van der Waals surface area contributed by atoms with E-state index in [1.807, 2.05) is 24.3 Å². The van der Waals surface area contributed by atoms with Crippen molar-refractivity contribution in [3.63, 3.8) is 0 Å². The van der Waals surface area contributed by atoms with Gasteiger partial charge in [0.25, 0.3) is 0 Å². The topological polar surface area (TPSA) is 63.2 Å². The van der Waals surface area contributed by atoms with Crippen LogP contribution in [0.1, 0.15) is 30.0 Å². The maximum absolute atomic E-state index is 11.2. The normalized spacial score (nSPS) is 16.4. The number of nitrogens with one attached hydrogen (secondary N) is 2. The molecule has 0 amide bonds. The number of aryl methyl sites for hydroxylation is 1. The molecule has 2 atom stereocenters. The van der Waals surface area contributed by atoms with Gasteiger partial charge in [-0.2, -0.15) is 0 Å². The van der Waals surface area contributed by atoms with E-state index in [-0.39, 0.29) is 6.04 Å². The standard InChI is InChI=1S/C23H27N3O2S/c1-28-17-9-7-16-8-11-22(19(16)15-17)26-23-12-10-18-20(5-3-6-21(18)25-23)24-13-4-14-29(2)27/h3,5-7,9-10,12,15,22,24H,4,8,11,13-14H2,1-2H3,(H,25,26). The van der Waals surface area contributed by atoms with E-state index in [4.69, 9.17) is 9.72 Å². The zero-order chi connectivity index (χ0) is 20.2. The van der Waals surface area contributed by atoms with Crippen LogP contribution in [-0.4, -0.2) is 34.9 Å². The highest BCUT2D eigenvalue weighted by Gasteiger charge is 2.23. The third kappa shape index (κ3) is 4.53. The van der Waals surface area contributed by atoms with Gasteiger partial charge in [0, 0.05) is 40.4 Å². The van der Waals surface area contributed by atoms with E-state index in [0.717, 1.165) is 59.7 Å². The minimum Gasteiger partial charge on any atom is -0.497 e. The molecule has 0 saturated heterocycles. The monoisotopic (exact) mass is 409 g/mol. The van der Waals surface area contributed by atoms with Crippen molar-refractivity contribution < 1.29 is 8.95 Å². The molecular weight excluding hydrogens is 382 g/mol. The average Bonchev–Trinajstić information content (AvgIpc) is 3.12. The Hall–Kier alpha value is -2.60. The summed E-state index contributed by atoms with van der Waals surface area (Å²) in [4.78, 5) is 4.84. The highest BCUT2D eigenvalue weighted by atomic mass is 32.2. The molecular formula is C23H27N3O2S. The molecule has 2 aromatic carbocycles. The van der Waals surface area contributed by atoms with E-state index < -0.39 is 10.8 Å². The zero-order valence-electron chi connectivity index (χ0n) is 16.9. The van der Waals surface area contributed by atoms with Crippen LogP contribution in [-0.2, 0) is 17.2 Å². The molecule has 0 bridgehead atoms. The Morgan fingerprint density at radius 1 is 1.21 bits per heavy atom. The van der Waals surface area contributed by atoms with Gasteiger partial charge >= 0.3 is 0 Å². The highest BCUT2D eigenvalue weighted by molar-refractivity contribution is 7.84. The Kier molecular flexibility index (Phi) is 6.00. The van der Waals surface area contributed by atoms with Crippen molar-refractivity contribution in [2.75, 3.05) is 36.3 Å². The van der Waals surface area contributed by atoms with Crippen LogP contribution in [0.15, 0.2) is 48.5 Å². The van der Waals surface area contributed by atoms with Gasteiger partial charge in [0.2, 0.25) is 0 Å². The third-order valence-electron chi connectivity index (χ3n) is 5.41. The third-order valence-corrected chi connectivity index (χ3v) is 6.27. The van der Waals surface area contributed by atoms with E-state index in [2.05, 4.69) is 34.9 Å². The summed E-state index contributed by atoms with van der Waals surface area (Å²) in [6, 6.07) is 16.9. The van der Waals surface area contributed by atoms with Crippen molar-refractivity contribution in [3.05, 3.63) is 59.7 Å². The quantitative estimate of drug-likeness (QED) is 0.536. The Labute approximate surface area is 174 Å². The van der Waals surface area contributed by atoms with Gasteiger partial charge in [0.05, 0.1) is 18.7 Å². The van der Waals surface area contributed by atoms with Crippen LogP contribution >= 0.6 is 0 Å². The smallest absolute Gasteiger partial charge is 0.127 e. The van der Waals surface area contributed by atoms with Crippen LogP contribution in [0.25, 0.3) is 10.9 Å². The molecule has 1 aromatic heterocycles. The highest BCUT2D eigenvalue weighted by Crippen LogP contribution is 2.36. The van der Waals surface area contributed by atoms with Crippen molar-refractivity contribution in [3.8, 4) is 5.75 Å². The number of nitrogens with zero attached hydrogens (tertiary/aromatic N) is 1. The number of methoxy groups -OCH3 is 1. The second-order valence-corrected chi connectivity index (χ2v) is 8.98. The molecule has 0 radical (unpaired) electrons. The first kappa shape index (κ1) is 19.7. The van der Waals surface area contributed by atoms with Crippen molar-refractivity contribution in [1.29, 1.82) is 0 Å². The van der Waals surface area contributed by atoms with Crippen LogP contribution in [0.3, 0.4) is 0 Å². The van der Waals surface area contributed by atoms with Gasteiger partial charge in [-0.25, -0.2) is 4.98 Å². The Morgan fingerprint density at radius 2 is 2.10 bits per heavy atom. The molecule has 0 spiro atoms. The average molecular weight is 410 g/mol. The minimum absolute atomic E-state index is 0.251. The Balaban J connectivity index is 1.50. The van der Waals surface area contributed by atoms with Gasteiger partial charge in [0.15, 0.2) is 0 Å². The molecule has 6 heteroatoms. The van der Waals surface area contributed by atoms with E-state index in [9.17, 15) is 4.21 Å². The number of pyridine rings is 1. The number of hydrogen-bond donors (Lipinski definition) is 2. The van der Waals surface area contributed by atoms with Crippen LogP contribution < -0.4 is 15.4 Å². The molecule has 0 aliphatic heterocycles. The number of hydrogen-bond acceptors (Lipinski definition) is 5. The first-order valence-electron chi connectivity index (χ1n) is 10.0. The number of anilines is 2. The van der Waals surface area contributed by atoms with Gasteiger partial charge < -0.3 is 15.4 Å². The van der Waals surface area contributed by atoms with Gasteiger partial charge in [-0.15, -0.1) is 0 Å². The number of fused-ring (bicyclic) bond motifs is 2. The lowest BCUT2D eigenvalue weighted by Gasteiger charge is -2.16. The first-order valence-corrected chi connectivity index (χ1v) is 11.7. The second kappa shape index (κ2) is 8.82. The summed E-state index contributed by atoms with van der Waals surface area (Å²) in [7, 11) is 0.963. The summed E-state index contributed by atoms with van der Waals surface area (Å²) in [5.74, 6) is 2.50. The maximum Gasteiger partial charge on any atom is 0.127 e. The van der Waals surface area contributed by atoms with Crippen molar-refractivity contribution in [1.82, 2.24) is 4.98 Å². The lowest BCUT2D eigenvalue weighted by atomic mass is 10.1. The van der Waals surface area contributed by atoms with Crippen LogP contribution in [0.2, 0.25) is 0 Å². The lowest BCUT2D eigenvalue weighted by molar-refractivity contribution is 0.414. The Bertz CT molecular complexity index is 1040. The molecule has 152 valence electrons. The molecule has 3 aromatic rings. The molecule has 2 N–H and O–H groups in total. The minimum atomic E-state index is -0.743. The van der Waals surface area contributed by atoms with Gasteiger partial charge in [0.1, 0.15) is 11.6 Å². The zero-order valence-corrected chi connectivity index (χ0v) is 17.7. The summed E-state index contributed by atoms with van der Waals surface area (Å²) in [6.45, 7) is 0.805. The van der Waals surface area contributed by atoms with Gasteiger partial charge in [-0.05, 0) is 66.8 Å². The fourth-order valence-corrected chi connectivity index (χ4v) is 4.47. The van der Waals surface area contributed by atoms with Crippen molar-refractivity contribution >= 4 is 33.2 Å². The van der Waals surface area contributed by atoms with E-state index in [1.165, 1.54) is 11.1 Å². The summed E-state index contributed by atoms with van der Waals surface area (Å²) in [5.41, 5.74) is 4.71. The van der Waals surface area contributed by atoms with Crippen LogP contribution in [0, 0.1) is 0 Å². The molecule has 4 rings (SSSR count). The molecule has 0 saturated carbocycles. The first-order chi connectivity index (χ1) is 14.1. The van der Waals surface area contributed by atoms with Crippen LogP contribution in [0.4, 0.5) is 11.5 Å². The summed E-state index contributed by atoms with van der Waals surface area (Å²) in [5, 5.41) is 8.16. The molecule has 1 aliphatic rings. The summed E-state index contributed by atoms with van der Waals surface area (Å²) in [6.07, 6.45) is 4.76. The predicted molar refractivity (Wildman–Crippen MR) is 121 cm³/mol. The molecule has 2 unspecified atom stereocenters. The second-order valence-electron chi connectivity index (χ2n) is 7.43. The fraction of sp³-hybridized carbons (Fsp3) is 0.348. The molecule has 1 heterocycles. The van der Waals surface area contributed by atoms with Gasteiger partial charge in [-0.1, -0.05) is 12.1 Å². The predicted octanol–water partition coefficient (Wildman–Crippen LogP) is 4.52. The molecule has 5 nitrogen and oxygen atoms in total. The summed E-state index contributed by atoms with van der Waals surface area (Å²) < 4.78 is 16.6.